The largest absolute Gasteiger partial charge is 0.462 e. The SMILES string of the molecule is C=CCCC[C@@H]1CC2=CC(=O)CC[C@]2(C)[C@H]2CC[C@]3(C)[C@@H](OC(C)=O)CC[C@H]3[C@H]12. The zero-order valence-corrected chi connectivity index (χ0v) is 18.5. The number of rotatable bonds is 5. The van der Waals surface area contributed by atoms with Gasteiger partial charge in [0.05, 0.1) is 0 Å². The third-order valence-electron chi connectivity index (χ3n) is 9.34. The van der Waals surface area contributed by atoms with Crippen LogP contribution in [0.3, 0.4) is 0 Å². The lowest BCUT2D eigenvalue weighted by molar-refractivity contribution is -0.159. The zero-order chi connectivity index (χ0) is 20.8. The van der Waals surface area contributed by atoms with Crippen LogP contribution in [0.4, 0.5) is 0 Å². The average Bonchev–Trinajstić information content (AvgIpc) is 2.99. The van der Waals surface area contributed by atoms with Gasteiger partial charge < -0.3 is 4.74 Å². The molecule has 0 bridgehead atoms. The molecule has 3 heteroatoms. The maximum absolute atomic E-state index is 12.2. The molecule has 0 aromatic carbocycles. The third-order valence-corrected chi connectivity index (χ3v) is 9.34. The molecule has 3 nitrogen and oxygen atoms in total. The average molecular weight is 399 g/mol. The Balaban J connectivity index is 1.67. The van der Waals surface area contributed by atoms with E-state index in [0.717, 1.165) is 32.1 Å². The fourth-order valence-electron chi connectivity index (χ4n) is 7.87. The highest BCUT2D eigenvalue weighted by atomic mass is 16.5. The van der Waals surface area contributed by atoms with E-state index in [2.05, 4.69) is 20.4 Å². The quantitative estimate of drug-likeness (QED) is 0.322. The highest BCUT2D eigenvalue weighted by molar-refractivity contribution is 5.91. The number of carbonyl (C=O) groups excluding carboxylic acids is 2. The smallest absolute Gasteiger partial charge is 0.302 e. The molecule has 0 unspecified atom stereocenters. The molecule has 4 rings (SSSR count). The first-order chi connectivity index (χ1) is 13.8. The summed E-state index contributed by atoms with van der Waals surface area (Å²) in [7, 11) is 0. The Labute approximate surface area is 176 Å². The molecule has 0 aromatic heterocycles. The molecule has 0 saturated heterocycles. The molecular weight excluding hydrogens is 360 g/mol. The van der Waals surface area contributed by atoms with Crippen LogP contribution in [0.1, 0.15) is 85.0 Å². The van der Waals surface area contributed by atoms with Crippen molar-refractivity contribution in [2.24, 2.45) is 34.5 Å². The Morgan fingerprint density at radius 1 is 1.24 bits per heavy atom. The van der Waals surface area contributed by atoms with Crippen molar-refractivity contribution in [2.45, 2.75) is 91.1 Å². The summed E-state index contributed by atoms with van der Waals surface area (Å²) in [5.41, 5.74) is 1.75. The molecule has 0 N–H and O–H groups in total. The van der Waals surface area contributed by atoms with Crippen molar-refractivity contribution in [1.29, 1.82) is 0 Å². The standard InChI is InChI=1S/C26H38O3/c1-5-6-7-8-18-15-19-16-20(28)11-13-25(19,3)22-12-14-26(4)21(24(18)22)9-10-23(26)29-17(2)27/h5,16,18,21-24H,1,6-15H2,2-4H3/t18-,21+,22+,23+,24+,25+,26+/m1/s1. The molecule has 0 spiro atoms. The lowest BCUT2D eigenvalue weighted by Crippen LogP contribution is -2.54. The predicted octanol–water partition coefficient (Wildman–Crippen LogP) is 6.03. The van der Waals surface area contributed by atoms with E-state index in [1.807, 2.05) is 12.2 Å². The summed E-state index contributed by atoms with van der Waals surface area (Å²) in [6.45, 7) is 10.3. The fraction of sp³-hybridized carbons (Fsp3) is 0.769. The first-order valence-electron chi connectivity index (χ1n) is 11.8. The molecule has 0 heterocycles. The second-order valence-electron chi connectivity index (χ2n) is 10.7. The van der Waals surface area contributed by atoms with E-state index in [-0.39, 0.29) is 22.9 Å². The van der Waals surface area contributed by atoms with Gasteiger partial charge in [0.15, 0.2) is 5.78 Å². The second-order valence-corrected chi connectivity index (χ2v) is 10.7. The van der Waals surface area contributed by atoms with Crippen LogP contribution in [0.2, 0.25) is 0 Å². The molecule has 0 radical (unpaired) electrons. The summed E-state index contributed by atoms with van der Waals surface area (Å²) in [4.78, 5) is 24.0. The lowest BCUT2D eigenvalue weighted by atomic mass is 9.44. The first-order valence-corrected chi connectivity index (χ1v) is 11.8. The van der Waals surface area contributed by atoms with Crippen molar-refractivity contribution < 1.29 is 14.3 Å². The van der Waals surface area contributed by atoms with Crippen molar-refractivity contribution >= 4 is 11.8 Å². The summed E-state index contributed by atoms with van der Waals surface area (Å²) in [6.07, 6.45) is 15.0. The first kappa shape index (κ1) is 20.9. The van der Waals surface area contributed by atoms with Gasteiger partial charge in [0.25, 0.3) is 0 Å². The minimum atomic E-state index is -0.131. The molecule has 0 aliphatic heterocycles. The summed E-state index contributed by atoms with van der Waals surface area (Å²) >= 11 is 0. The minimum absolute atomic E-state index is 0.0810. The van der Waals surface area contributed by atoms with E-state index >= 15 is 0 Å². The molecule has 3 saturated carbocycles. The van der Waals surface area contributed by atoms with E-state index in [1.54, 1.807) is 6.92 Å². The van der Waals surface area contributed by atoms with Gasteiger partial charge >= 0.3 is 5.97 Å². The lowest BCUT2D eigenvalue weighted by Gasteiger charge is -2.60. The molecule has 0 aromatic rings. The maximum Gasteiger partial charge on any atom is 0.302 e. The van der Waals surface area contributed by atoms with Gasteiger partial charge in [0.2, 0.25) is 0 Å². The van der Waals surface area contributed by atoms with Crippen LogP contribution in [0.25, 0.3) is 0 Å². The van der Waals surface area contributed by atoms with Crippen LogP contribution < -0.4 is 0 Å². The van der Waals surface area contributed by atoms with E-state index in [4.69, 9.17) is 4.74 Å². The van der Waals surface area contributed by atoms with Crippen molar-refractivity contribution in [1.82, 2.24) is 0 Å². The van der Waals surface area contributed by atoms with Crippen LogP contribution in [-0.2, 0) is 14.3 Å². The topological polar surface area (TPSA) is 43.4 Å². The number of ether oxygens (including phenoxy) is 1. The number of ketones is 1. The number of unbranched alkanes of at least 4 members (excludes halogenated alkanes) is 1. The summed E-state index contributed by atoms with van der Waals surface area (Å²) in [5, 5.41) is 0. The van der Waals surface area contributed by atoms with Crippen molar-refractivity contribution in [3.8, 4) is 0 Å². The normalized spacial score (nSPS) is 43.6. The Hall–Kier alpha value is -1.38. The van der Waals surface area contributed by atoms with Crippen LogP contribution >= 0.6 is 0 Å². The molecule has 4 aliphatic carbocycles. The number of carbonyl (C=O) groups is 2. The number of esters is 1. The second kappa shape index (κ2) is 7.71. The molecular formula is C26H38O3. The highest BCUT2D eigenvalue weighted by Gasteiger charge is 2.61. The van der Waals surface area contributed by atoms with Gasteiger partial charge in [-0.25, -0.2) is 0 Å². The Bertz CT molecular complexity index is 721. The van der Waals surface area contributed by atoms with Gasteiger partial charge in [-0.15, -0.1) is 6.58 Å². The summed E-state index contributed by atoms with van der Waals surface area (Å²) < 4.78 is 5.83. The Morgan fingerprint density at radius 3 is 2.76 bits per heavy atom. The van der Waals surface area contributed by atoms with Gasteiger partial charge in [0, 0.05) is 18.8 Å². The summed E-state index contributed by atoms with van der Waals surface area (Å²) in [6, 6.07) is 0. The van der Waals surface area contributed by atoms with Crippen LogP contribution in [0.15, 0.2) is 24.3 Å². The molecule has 7 atom stereocenters. The van der Waals surface area contributed by atoms with Gasteiger partial charge in [0.1, 0.15) is 6.10 Å². The Kier molecular flexibility index (Phi) is 5.55. The Morgan fingerprint density at radius 2 is 2.03 bits per heavy atom. The van der Waals surface area contributed by atoms with Gasteiger partial charge in [-0.2, -0.15) is 0 Å². The monoisotopic (exact) mass is 398 g/mol. The van der Waals surface area contributed by atoms with Crippen molar-refractivity contribution in [2.75, 3.05) is 0 Å². The molecule has 3 fully saturated rings. The molecule has 29 heavy (non-hydrogen) atoms. The van der Waals surface area contributed by atoms with Gasteiger partial charge in [-0.1, -0.05) is 25.5 Å². The number of fused-ring (bicyclic) bond motifs is 5. The number of hydrogen-bond acceptors (Lipinski definition) is 3. The van der Waals surface area contributed by atoms with Crippen LogP contribution in [-0.4, -0.2) is 17.9 Å². The third kappa shape index (κ3) is 3.43. The predicted molar refractivity (Wildman–Crippen MR) is 115 cm³/mol. The van der Waals surface area contributed by atoms with Crippen LogP contribution in [0, 0.1) is 34.5 Å². The van der Waals surface area contributed by atoms with Crippen molar-refractivity contribution in [3.05, 3.63) is 24.3 Å². The highest BCUT2D eigenvalue weighted by Crippen LogP contribution is 2.67. The number of hydrogen-bond donors (Lipinski definition) is 0. The minimum Gasteiger partial charge on any atom is -0.462 e. The van der Waals surface area contributed by atoms with Gasteiger partial charge in [-0.3, -0.25) is 9.59 Å². The van der Waals surface area contributed by atoms with Crippen molar-refractivity contribution in [3.63, 3.8) is 0 Å². The molecule has 4 aliphatic rings. The van der Waals surface area contributed by atoms with E-state index in [9.17, 15) is 9.59 Å². The summed E-state index contributed by atoms with van der Waals surface area (Å²) in [5.74, 6) is 2.83. The zero-order valence-electron chi connectivity index (χ0n) is 18.5. The van der Waals surface area contributed by atoms with E-state index in [1.165, 1.54) is 31.3 Å². The maximum atomic E-state index is 12.2. The van der Waals surface area contributed by atoms with E-state index in [0.29, 0.717) is 35.9 Å². The molecule has 160 valence electrons. The fourth-order valence-corrected chi connectivity index (χ4v) is 7.87. The van der Waals surface area contributed by atoms with Gasteiger partial charge in [-0.05, 0) is 93.0 Å². The van der Waals surface area contributed by atoms with Crippen LogP contribution in [0.5, 0.6) is 0 Å². The number of allylic oxidation sites excluding steroid dienone is 2. The molecule has 0 amide bonds. The van der Waals surface area contributed by atoms with E-state index < -0.39 is 0 Å².